The highest BCUT2D eigenvalue weighted by Crippen LogP contribution is 2.14. The summed E-state index contributed by atoms with van der Waals surface area (Å²) in [4.78, 5) is 10.3. The van der Waals surface area contributed by atoms with Gasteiger partial charge in [0.1, 0.15) is 6.29 Å². The van der Waals surface area contributed by atoms with Crippen molar-refractivity contribution in [3.8, 4) is 0 Å². The molecule has 0 radical (unpaired) electrons. The van der Waals surface area contributed by atoms with E-state index >= 15 is 0 Å². The summed E-state index contributed by atoms with van der Waals surface area (Å²) in [5.74, 6) is 0.457. The largest absolute Gasteiger partial charge is 0.303 e. The van der Waals surface area contributed by atoms with Crippen molar-refractivity contribution in [3.63, 3.8) is 0 Å². The molecular formula is C12H16O. The quantitative estimate of drug-likeness (QED) is 0.645. The van der Waals surface area contributed by atoms with Gasteiger partial charge in [-0.15, -0.1) is 0 Å². The number of hydrogen-bond acceptors (Lipinski definition) is 1. The van der Waals surface area contributed by atoms with Gasteiger partial charge in [0.05, 0.1) is 0 Å². The molecule has 0 saturated carbocycles. The first kappa shape index (κ1) is 9.97. The summed E-state index contributed by atoms with van der Waals surface area (Å²) in [5, 5.41) is 0. The van der Waals surface area contributed by atoms with Crippen LogP contribution in [0.15, 0.2) is 24.3 Å². The maximum atomic E-state index is 10.3. The summed E-state index contributed by atoms with van der Waals surface area (Å²) in [6.07, 6.45) is 2.67. The number of rotatable bonds is 4. The molecule has 0 heterocycles. The summed E-state index contributed by atoms with van der Waals surface area (Å²) < 4.78 is 0. The number of carbonyl (C=O) groups excluding carboxylic acids is 1. The van der Waals surface area contributed by atoms with Crippen LogP contribution in [0.25, 0.3) is 0 Å². The van der Waals surface area contributed by atoms with E-state index in [4.69, 9.17) is 0 Å². The minimum atomic E-state index is 0.457. The van der Waals surface area contributed by atoms with Gasteiger partial charge >= 0.3 is 0 Å². The van der Waals surface area contributed by atoms with Crippen LogP contribution in [0.4, 0.5) is 0 Å². The molecule has 0 aliphatic carbocycles. The molecule has 1 nitrogen and oxygen atoms in total. The average molecular weight is 176 g/mol. The van der Waals surface area contributed by atoms with Crippen LogP contribution in [-0.4, -0.2) is 6.29 Å². The lowest BCUT2D eigenvalue weighted by atomic mass is 9.96. The van der Waals surface area contributed by atoms with Crippen molar-refractivity contribution in [2.45, 2.75) is 26.7 Å². The second kappa shape index (κ2) is 4.80. The summed E-state index contributed by atoms with van der Waals surface area (Å²) in [6.45, 7) is 4.23. The van der Waals surface area contributed by atoms with E-state index in [2.05, 4.69) is 32.0 Å². The lowest BCUT2D eigenvalue weighted by molar-refractivity contribution is -0.108. The monoisotopic (exact) mass is 176 g/mol. The van der Waals surface area contributed by atoms with Crippen LogP contribution in [-0.2, 0) is 11.2 Å². The summed E-state index contributed by atoms with van der Waals surface area (Å²) in [5.41, 5.74) is 2.68. The molecular weight excluding hydrogens is 160 g/mol. The molecule has 1 unspecified atom stereocenters. The predicted molar refractivity (Wildman–Crippen MR) is 54.7 cm³/mol. The van der Waals surface area contributed by atoms with Gasteiger partial charge in [0.2, 0.25) is 0 Å². The van der Waals surface area contributed by atoms with Crippen molar-refractivity contribution in [3.05, 3.63) is 35.4 Å². The highest BCUT2D eigenvalue weighted by molar-refractivity contribution is 5.49. The highest BCUT2D eigenvalue weighted by Gasteiger charge is 2.04. The van der Waals surface area contributed by atoms with Gasteiger partial charge in [-0.05, 0) is 30.4 Å². The molecule has 0 aromatic heterocycles. The first-order valence-electron chi connectivity index (χ1n) is 4.72. The molecule has 0 saturated heterocycles. The van der Waals surface area contributed by atoms with Crippen molar-refractivity contribution in [2.24, 2.45) is 5.92 Å². The number of aldehydes is 1. The topological polar surface area (TPSA) is 17.1 Å². The lowest BCUT2D eigenvalue weighted by Crippen LogP contribution is -2.01. The molecule has 0 amide bonds. The SMILES string of the molecule is Cc1ccccc1CC(C)CC=O. The first-order chi connectivity index (χ1) is 6.24. The normalized spacial score (nSPS) is 12.5. The molecule has 0 aliphatic heterocycles. The maximum absolute atomic E-state index is 10.3. The van der Waals surface area contributed by atoms with E-state index in [1.165, 1.54) is 11.1 Å². The molecule has 1 rings (SSSR count). The van der Waals surface area contributed by atoms with E-state index in [0.29, 0.717) is 12.3 Å². The van der Waals surface area contributed by atoms with Crippen LogP contribution in [0.1, 0.15) is 24.5 Å². The Morgan fingerprint density at radius 1 is 1.38 bits per heavy atom. The smallest absolute Gasteiger partial charge is 0.120 e. The van der Waals surface area contributed by atoms with Crippen molar-refractivity contribution in [1.29, 1.82) is 0 Å². The minimum absolute atomic E-state index is 0.457. The molecule has 70 valence electrons. The Bertz CT molecular complexity index is 278. The van der Waals surface area contributed by atoms with Crippen LogP contribution in [0.3, 0.4) is 0 Å². The standard InChI is InChI=1S/C12H16O/c1-10(7-8-13)9-12-6-4-3-5-11(12)2/h3-6,8,10H,7,9H2,1-2H3. The Kier molecular flexibility index (Phi) is 3.69. The van der Waals surface area contributed by atoms with Gasteiger partial charge in [0.25, 0.3) is 0 Å². The second-order valence-corrected chi connectivity index (χ2v) is 3.64. The third kappa shape index (κ3) is 3.02. The fourth-order valence-electron chi connectivity index (χ4n) is 1.46. The molecule has 1 heteroatoms. The lowest BCUT2D eigenvalue weighted by Gasteiger charge is -2.09. The predicted octanol–water partition coefficient (Wildman–Crippen LogP) is 2.76. The van der Waals surface area contributed by atoms with E-state index in [9.17, 15) is 4.79 Å². The molecule has 1 aromatic carbocycles. The number of carbonyl (C=O) groups is 1. The average Bonchev–Trinajstić information content (AvgIpc) is 2.09. The van der Waals surface area contributed by atoms with Gasteiger partial charge in [0.15, 0.2) is 0 Å². The molecule has 0 spiro atoms. The zero-order valence-corrected chi connectivity index (χ0v) is 8.29. The van der Waals surface area contributed by atoms with Gasteiger partial charge in [-0.3, -0.25) is 0 Å². The molecule has 1 atom stereocenters. The molecule has 0 fully saturated rings. The van der Waals surface area contributed by atoms with E-state index in [-0.39, 0.29) is 0 Å². The zero-order valence-electron chi connectivity index (χ0n) is 8.29. The summed E-state index contributed by atoms with van der Waals surface area (Å²) in [7, 11) is 0. The van der Waals surface area contributed by atoms with Crippen LogP contribution < -0.4 is 0 Å². The van der Waals surface area contributed by atoms with Crippen LogP contribution >= 0.6 is 0 Å². The van der Waals surface area contributed by atoms with Gasteiger partial charge in [-0.2, -0.15) is 0 Å². The fourth-order valence-corrected chi connectivity index (χ4v) is 1.46. The highest BCUT2D eigenvalue weighted by atomic mass is 16.1. The van der Waals surface area contributed by atoms with Crippen LogP contribution in [0.2, 0.25) is 0 Å². The first-order valence-corrected chi connectivity index (χ1v) is 4.72. The summed E-state index contributed by atoms with van der Waals surface area (Å²) >= 11 is 0. The Morgan fingerprint density at radius 2 is 2.08 bits per heavy atom. The van der Waals surface area contributed by atoms with Crippen molar-refractivity contribution >= 4 is 6.29 Å². The summed E-state index contributed by atoms with van der Waals surface area (Å²) in [6, 6.07) is 8.35. The van der Waals surface area contributed by atoms with Gasteiger partial charge in [0, 0.05) is 6.42 Å². The Labute approximate surface area is 79.8 Å². The number of aryl methyl sites for hydroxylation is 1. The third-order valence-corrected chi connectivity index (χ3v) is 2.33. The molecule has 13 heavy (non-hydrogen) atoms. The fraction of sp³-hybridized carbons (Fsp3) is 0.417. The second-order valence-electron chi connectivity index (χ2n) is 3.64. The van der Waals surface area contributed by atoms with Crippen LogP contribution in [0.5, 0.6) is 0 Å². The number of benzene rings is 1. The third-order valence-electron chi connectivity index (χ3n) is 2.33. The molecule has 0 N–H and O–H groups in total. The molecule has 1 aromatic rings. The van der Waals surface area contributed by atoms with Crippen molar-refractivity contribution in [1.82, 2.24) is 0 Å². The van der Waals surface area contributed by atoms with E-state index < -0.39 is 0 Å². The van der Waals surface area contributed by atoms with E-state index in [1.54, 1.807) is 0 Å². The Hall–Kier alpha value is -1.11. The minimum Gasteiger partial charge on any atom is -0.303 e. The molecule has 0 aliphatic rings. The molecule has 0 bridgehead atoms. The number of hydrogen-bond donors (Lipinski definition) is 0. The Morgan fingerprint density at radius 3 is 2.69 bits per heavy atom. The van der Waals surface area contributed by atoms with Crippen LogP contribution in [0, 0.1) is 12.8 Å². The zero-order chi connectivity index (χ0) is 9.68. The van der Waals surface area contributed by atoms with E-state index in [0.717, 1.165) is 12.7 Å². The van der Waals surface area contributed by atoms with Gasteiger partial charge < -0.3 is 4.79 Å². The maximum Gasteiger partial charge on any atom is 0.120 e. The van der Waals surface area contributed by atoms with Gasteiger partial charge in [-0.25, -0.2) is 0 Å². The van der Waals surface area contributed by atoms with Crippen molar-refractivity contribution < 1.29 is 4.79 Å². The Balaban J connectivity index is 2.63. The van der Waals surface area contributed by atoms with Crippen molar-refractivity contribution in [2.75, 3.05) is 0 Å². The van der Waals surface area contributed by atoms with E-state index in [1.807, 2.05) is 6.07 Å². The van der Waals surface area contributed by atoms with Gasteiger partial charge in [-0.1, -0.05) is 31.2 Å².